The van der Waals surface area contributed by atoms with Crippen LogP contribution in [0.4, 0.5) is 0 Å². The van der Waals surface area contributed by atoms with E-state index in [1.165, 1.54) is 12.8 Å². The van der Waals surface area contributed by atoms with E-state index in [1.807, 2.05) is 55.6 Å². The Bertz CT molecular complexity index is 796. The van der Waals surface area contributed by atoms with Crippen LogP contribution in [0.5, 0.6) is 5.75 Å². The van der Waals surface area contributed by atoms with E-state index in [0.717, 1.165) is 22.8 Å². The Morgan fingerprint density at radius 2 is 1.74 bits per heavy atom. The van der Waals surface area contributed by atoms with Crippen LogP contribution in [0, 0.1) is 0 Å². The van der Waals surface area contributed by atoms with E-state index in [-0.39, 0.29) is 0 Å². The fourth-order valence-electron chi connectivity index (χ4n) is 2.21. The van der Waals surface area contributed by atoms with Crippen molar-refractivity contribution >= 4 is 28.9 Å². The maximum absolute atomic E-state index is 12.1. The highest BCUT2D eigenvalue weighted by Gasteiger charge is 2.07. The van der Waals surface area contributed by atoms with Gasteiger partial charge in [0.15, 0.2) is 0 Å². The average Bonchev–Trinajstić information content (AvgIpc) is 3.07. The highest BCUT2D eigenvalue weighted by atomic mass is 32.9. The van der Waals surface area contributed by atoms with E-state index in [0.29, 0.717) is 5.75 Å². The van der Waals surface area contributed by atoms with Crippen LogP contribution in [-0.2, 0) is 25.4 Å². The number of aryl methyl sites for hydroxylation is 2. The van der Waals surface area contributed by atoms with Gasteiger partial charge < -0.3 is 9.42 Å². The molecule has 0 N–H and O–H groups in total. The number of para-hydroxylation sites is 1. The highest BCUT2D eigenvalue weighted by Crippen LogP contribution is 2.55. The standard InChI is InChI=1S/C12H11O2PS2.C8H15N2/c13-15(16,14-11-7-3-1-4-8-11)17-12-9-5-2-6-10-12;1-3-4-5-10-7-6-9(2)8-10/h1-10H,(H,13,16);6-8H,3-5H2,1-2H3/q;+1/p-1. The number of hydrogen-bond donors (Lipinski definition) is 0. The van der Waals surface area contributed by atoms with E-state index >= 15 is 0 Å². The number of hydrogen-bond acceptors (Lipinski definition) is 4. The first-order chi connectivity index (χ1) is 13.0. The minimum absolute atomic E-state index is 0.536. The molecular weight excluding hydrogens is 395 g/mol. The van der Waals surface area contributed by atoms with Crippen molar-refractivity contribution in [1.82, 2.24) is 4.57 Å². The van der Waals surface area contributed by atoms with E-state index in [9.17, 15) is 4.89 Å². The first kappa shape index (κ1) is 21.7. The number of imidazole rings is 1. The monoisotopic (exact) mass is 420 g/mol. The minimum atomic E-state index is -3.14. The van der Waals surface area contributed by atoms with Gasteiger partial charge in [0, 0.05) is 4.90 Å². The molecule has 0 aliphatic rings. The molecule has 27 heavy (non-hydrogen) atoms. The van der Waals surface area contributed by atoms with Gasteiger partial charge in [-0.1, -0.05) is 72.9 Å². The molecule has 3 rings (SSSR count). The Morgan fingerprint density at radius 1 is 1.11 bits per heavy atom. The highest BCUT2D eigenvalue weighted by molar-refractivity contribution is 8.67. The van der Waals surface area contributed by atoms with Crippen LogP contribution in [-0.4, -0.2) is 4.57 Å². The molecule has 2 aromatic carbocycles. The fraction of sp³-hybridized carbons (Fsp3) is 0.250. The molecule has 0 saturated heterocycles. The molecule has 1 atom stereocenters. The van der Waals surface area contributed by atoms with Gasteiger partial charge in [-0.3, -0.25) is 0 Å². The van der Waals surface area contributed by atoms with Gasteiger partial charge in [0.1, 0.15) is 23.8 Å². The zero-order valence-electron chi connectivity index (χ0n) is 15.6. The van der Waals surface area contributed by atoms with Crippen molar-refractivity contribution in [1.29, 1.82) is 0 Å². The van der Waals surface area contributed by atoms with Crippen molar-refractivity contribution in [3.63, 3.8) is 0 Å². The fourth-order valence-corrected chi connectivity index (χ4v) is 5.71. The molecule has 7 heteroatoms. The molecule has 0 spiro atoms. The summed E-state index contributed by atoms with van der Waals surface area (Å²) in [6.07, 6.45) is 8.82. The third-order valence-corrected chi connectivity index (χ3v) is 7.08. The molecule has 0 amide bonds. The summed E-state index contributed by atoms with van der Waals surface area (Å²) in [5, 5.41) is 0. The van der Waals surface area contributed by atoms with Gasteiger partial charge in [-0.15, -0.1) is 0 Å². The maximum Gasteiger partial charge on any atom is 0.243 e. The second-order valence-corrected chi connectivity index (χ2v) is 11.8. The molecule has 144 valence electrons. The van der Waals surface area contributed by atoms with E-state index in [2.05, 4.69) is 34.8 Å². The quantitative estimate of drug-likeness (QED) is 0.415. The van der Waals surface area contributed by atoms with Gasteiger partial charge in [-0.25, -0.2) is 9.13 Å². The lowest BCUT2D eigenvalue weighted by Crippen LogP contribution is -2.23. The SMILES string of the molecule is CCCCn1cc[n+](C)c1.[O-]P(=S)(Oc1ccccc1)Sc1ccccc1. The molecular formula is C20H25N2O2PS2. The van der Waals surface area contributed by atoms with Crippen molar-refractivity contribution in [3.8, 4) is 5.75 Å². The molecule has 0 aliphatic carbocycles. The lowest BCUT2D eigenvalue weighted by molar-refractivity contribution is -0.671. The van der Waals surface area contributed by atoms with Gasteiger partial charge in [0.05, 0.1) is 13.6 Å². The number of unbranched alkanes of at least 4 members (excludes halogenated alkanes) is 1. The molecule has 1 heterocycles. The van der Waals surface area contributed by atoms with E-state index < -0.39 is 5.69 Å². The van der Waals surface area contributed by atoms with E-state index in [1.54, 1.807) is 12.1 Å². The van der Waals surface area contributed by atoms with Gasteiger partial charge in [0.25, 0.3) is 0 Å². The lowest BCUT2D eigenvalue weighted by Gasteiger charge is -2.27. The van der Waals surface area contributed by atoms with Crippen molar-refractivity contribution in [3.05, 3.63) is 79.4 Å². The van der Waals surface area contributed by atoms with Crippen LogP contribution in [0.2, 0.25) is 0 Å². The van der Waals surface area contributed by atoms with Gasteiger partial charge in [-0.05, 0) is 30.7 Å². The number of benzene rings is 2. The molecule has 0 fully saturated rings. The summed E-state index contributed by atoms with van der Waals surface area (Å²) in [6, 6.07) is 18.4. The topological polar surface area (TPSA) is 41.1 Å². The van der Waals surface area contributed by atoms with Crippen molar-refractivity contribution in [2.75, 3.05) is 0 Å². The predicted molar refractivity (Wildman–Crippen MR) is 114 cm³/mol. The molecule has 0 aliphatic heterocycles. The van der Waals surface area contributed by atoms with Crippen LogP contribution in [0.15, 0.2) is 84.3 Å². The zero-order chi connectivity index (χ0) is 19.5. The van der Waals surface area contributed by atoms with Crippen LogP contribution < -0.4 is 14.0 Å². The van der Waals surface area contributed by atoms with Crippen molar-refractivity contribution in [2.45, 2.75) is 31.2 Å². The predicted octanol–water partition coefficient (Wildman–Crippen LogP) is 4.56. The first-order valence-electron chi connectivity index (χ1n) is 8.80. The molecule has 3 aromatic rings. The van der Waals surface area contributed by atoms with E-state index in [4.69, 9.17) is 16.3 Å². The largest absolute Gasteiger partial charge is 0.783 e. The number of nitrogens with zero attached hydrogens (tertiary/aromatic N) is 2. The second-order valence-electron chi connectivity index (χ2n) is 5.93. The van der Waals surface area contributed by atoms with Gasteiger partial charge in [0.2, 0.25) is 6.33 Å². The van der Waals surface area contributed by atoms with Crippen LogP contribution in [0.1, 0.15) is 19.8 Å². The molecule has 0 saturated carbocycles. The molecule has 1 aromatic heterocycles. The summed E-state index contributed by atoms with van der Waals surface area (Å²) in [4.78, 5) is 13.0. The summed E-state index contributed by atoms with van der Waals surface area (Å²) >= 11 is 6.09. The van der Waals surface area contributed by atoms with Gasteiger partial charge in [-0.2, -0.15) is 0 Å². The summed E-state index contributed by atoms with van der Waals surface area (Å²) < 4.78 is 9.62. The summed E-state index contributed by atoms with van der Waals surface area (Å²) in [7, 11) is 2.04. The number of aromatic nitrogens is 2. The second kappa shape index (κ2) is 11.3. The first-order valence-corrected chi connectivity index (χ1v) is 12.9. The third-order valence-electron chi connectivity index (χ3n) is 3.51. The smallest absolute Gasteiger partial charge is 0.243 e. The lowest BCUT2D eigenvalue weighted by atomic mass is 10.3. The van der Waals surface area contributed by atoms with Crippen LogP contribution in [0.3, 0.4) is 0 Å². The van der Waals surface area contributed by atoms with Crippen LogP contribution >= 0.6 is 17.1 Å². The van der Waals surface area contributed by atoms with Crippen molar-refractivity contribution < 1.29 is 14.0 Å². The maximum atomic E-state index is 12.1. The van der Waals surface area contributed by atoms with Crippen LogP contribution in [0.25, 0.3) is 0 Å². The van der Waals surface area contributed by atoms with Gasteiger partial charge >= 0.3 is 0 Å². The Balaban J connectivity index is 0.000000223. The minimum Gasteiger partial charge on any atom is -0.783 e. The Labute approximate surface area is 170 Å². The van der Waals surface area contributed by atoms with Crippen molar-refractivity contribution in [2.24, 2.45) is 7.05 Å². The zero-order valence-corrected chi connectivity index (χ0v) is 18.1. The summed E-state index contributed by atoms with van der Waals surface area (Å²) in [5.74, 6) is 0.536. The number of rotatable bonds is 7. The average molecular weight is 421 g/mol. The Hall–Kier alpha value is -1.59. The molecule has 0 radical (unpaired) electrons. The molecule has 1 unspecified atom stereocenters. The molecule has 0 bridgehead atoms. The summed E-state index contributed by atoms with van der Waals surface area (Å²) in [6.45, 7) is 3.36. The Kier molecular flexibility index (Phi) is 9.08. The normalized spacial score (nSPS) is 12.6. The molecule has 4 nitrogen and oxygen atoms in total. The Morgan fingerprint density at radius 3 is 2.30 bits per heavy atom. The third kappa shape index (κ3) is 8.76. The summed E-state index contributed by atoms with van der Waals surface area (Å²) in [5.41, 5.74) is -3.14.